The summed E-state index contributed by atoms with van der Waals surface area (Å²) in [7, 11) is 1.65. The summed E-state index contributed by atoms with van der Waals surface area (Å²) >= 11 is 5.76. The maximum Gasteiger partial charge on any atom is 0.257 e. The minimum Gasteiger partial charge on any atom is -0.495 e. The van der Waals surface area contributed by atoms with Crippen molar-refractivity contribution in [3.63, 3.8) is 0 Å². The molecule has 5 rings (SSSR count). The molecule has 1 aliphatic carbocycles. The molecule has 0 radical (unpaired) electrons. The molecule has 2 unspecified atom stereocenters. The Labute approximate surface area is 196 Å². The Morgan fingerprint density at radius 3 is 2.67 bits per heavy atom. The van der Waals surface area contributed by atoms with Crippen molar-refractivity contribution in [2.24, 2.45) is 10.9 Å². The monoisotopic (exact) mass is 465 g/mol. The number of aromatic nitrogens is 3. The van der Waals surface area contributed by atoms with Crippen molar-refractivity contribution in [2.45, 2.75) is 31.4 Å². The van der Waals surface area contributed by atoms with Gasteiger partial charge in [-0.05, 0) is 49.1 Å². The first kappa shape index (κ1) is 21.6. The highest BCUT2D eigenvalue weighted by Crippen LogP contribution is 2.47. The van der Waals surface area contributed by atoms with Crippen LogP contribution >= 0.6 is 11.6 Å². The molecule has 0 bridgehead atoms. The highest BCUT2D eigenvalue weighted by Gasteiger charge is 2.40. The minimum absolute atomic E-state index is 0.215. The molecule has 1 aromatic carbocycles. The van der Waals surface area contributed by atoms with E-state index in [2.05, 4.69) is 25.4 Å². The van der Waals surface area contributed by atoms with Crippen LogP contribution in [0.1, 0.15) is 36.3 Å². The van der Waals surface area contributed by atoms with Crippen molar-refractivity contribution < 1.29 is 14.0 Å². The number of amidine groups is 1. The number of nitrogens with zero attached hydrogens (tertiary/aromatic N) is 4. The number of benzene rings is 1. The van der Waals surface area contributed by atoms with E-state index in [1.54, 1.807) is 13.3 Å². The van der Waals surface area contributed by atoms with E-state index < -0.39 is 0 Å². The zero-order chi connectivity index (χ0) is 22.8. The van der Waals surface area contributed by atoms with Crippen LogP contribution in [0.2, 0.25) is 0 Å². The van der Waals surface area contributed by atoms with Gasteiger partial charge in [0.15, 0.2) is 12.1 Å². The van der Waals surface area contributed by atoms with Gasteiger partial charge in [0.1, 0.15) is 11.6 Å². The zero-order valence-electron chi connectivity index (χ0n) is 18.4. The van der Waals surface area contributed by atoms with E-state index in [0.29, 0.717) is 30.2 Å². The molecule has 2 aliphatic rings. The van der Waals surface area contributed by atoms with E-state index in [0.717, 1.165) is 40.4 Å². The fraction of sp³-hybridized carbons (Fsp3) is 0.333. The zero-order valence-corrected chi connectivity index (χ0v) is 19.1. The van der Waals surface area contributed by atoms with E-state index in [1.807, 2.05) is 49.5 Å². The number of nitrogens with one attached hydrogen (secondary N) is 1. The minimum atomic E-state index is -0.367. The van der Waals surface area contributed by atoms with Gasteiger partial charge in [-0.15, -0.1) is 11.6 Å². The third-order valence-electron chi connectivity index (χ3n) is 5.83. The molecule has 170 valence electrons. The van der Waals surface area contributed by atoms with Gasteiger partial charge in [-0.1, -0.05) is 17.3 Å². The van der Waals surface area contributed by atoms with Crippen LogP contribution in [0.5, 0.6) is 5.75 Å². The Hall–Kier alpha value is -3.23. The number of hydrogen-bond acceptors (Lipinski definition) is 8. The highest BCUT2D eigenvalue weighted by molar-refractivity contribution is 6.16. The van der Waals surface area contributed by atoms with Gasteiger partial charge < -0.3 is 19.3 Å². The molecule has 0 spiro atoms. The van der Waals surface area contributed by atoms with Crippen molar-refractivity contribution >= 4 is 23.0 Å². The molecule has 33 heavy (non-hydrogen) atoms. The molecular formula is C24H24ClN5O3. The Morgan fingerprint density at radius 1 is 1.15 bits per heavy atom. The first-order valence-electron chi connectivity index (χ1n) is 10.8. The predicted octanol–water partition coefficient (Wildman–Crippen LogP) is 4.39. The van der Waals surface area contributed by atoms with Crippen LogP contribution in [0.15, 0.2) is 58.3 Å². The van der Waals surface area contributed by atoms with Crippen molar-refractivity contribution in [3.8, 4) is 17.2 Å². The Kier molecular flexibility index (Phi) is 6.11. The summed E-state index contributed by atoms with van der Waals surface area (Å²) in [6.45, 7) is 2.55. The molecule has 3 atom stereocenters. The van der Waals surface area contributed by atoms with Crippen molar-refractivity contribution in [1.82, 2.24) is 20.4 Å². The van der Waals surface area contributed by atoms with Crippen LogP contribution < -0.4 is 10.1 Å². The lowest BCUT2D eigenvalue weighted by Crippen LogP contribution is -2.27. The molecule has 1 N–H and O–H groups in total. The molecule has 0 amide bonds. The van der Waals surface area contributed by atoms with Crippen LogP contribution in [0.4, 0.5) is 0 Å². The number of aliphatic imine (C=N–C) groups is 1. The number of methoxy groups -OCH3 is 1. The second-order valence-electron chi connectivity index (χ2n) is 8.10. The predicted molar refractivity (Wildman–Crippen MR) is 125 cm³/mol. The third-order valence-corrected chi connectivity index (χ3v) is 6.07. The molecule has 2 aromatic heterocycles. The molecule has 3 aromatic rings. The largest absolute Gasteiger partial charge is 0.495 e. The standard InChI is InChI=1S/C24H24ClN5O3/c1-14-26-12-20(15-3-5-16(6-4-15)23-29-22(10-25)30-33-23)24(28-14)32-13-17-9-19(17)21-8-7-18(31-2)11-27-21/h3-8,11-12,17,19,24H,9-10,13H2,1-2H3,(H,26,28)/t17-,19?,24?/m1/s1. The van der Waals surface area contributed by atoms with Gasteiger partial charge in [-0.3, -0.25) is 4.98 Å². The topological polar surface area (TPSA) is 94.7 Å². The second-order valence-corrected chi connectivity index (χ2v) is 8.36. The summed E-state index contributed by atoms with van der Waals surface area (Å²) in [5.74, 6) is 3.58. The van der Waals surface area contributed by atoms with Gasteiger partial charge in [-0.2, -0.15) is 4.98 Å². The van der Waals surface area contributed by atoms with E-state index in [9.17, 15) is 0 Å². The lowest BCUT2D eigenvalue weighted by atomic mass is 10.0. The summed E-state index contributed by atoms with van der Waals surface area (Å²) in [6.07, 6.45) is 4.42. The molecule has 9 heteroatoms. The molecular weight excluding hydrogens is 442 g/mol. The van der Waals surface area contributed by atoms with Crippen LogP contribution in [-0.4, -0.2) is 40.9 Å². The molecule has 1 aliphatic heterocycles. The van der Waals surface area contributed by atoms with Gasteiger partial charge in [0, 0.05) is 28.9 Å². The van der Waals surface area contributed by atoms with Crippen LogP contribution in [-0.2, 0) is 10.6 Å². The number of hydrogen-bond donors (Lipinski definition) is 1. The molecule has 3 heterocycles. The van der Waals surface area contributed by atoms with Gasteiger partial charge in [0.2, 0.25) is 0 Å². The summed E-state index contributed by atoms with van der Waals surface area (Å²) in [5, 5.41) is 7.04. The van der Waals surface area contributed by atoms with Gasteiger partial charge in [-0.25, -0.2) is 4.99 Å². The number of ether oxygens (including phenoxy) is 2. The van der Waals surface area contributed by atoms with E-state index in [1.165, 1.54) is 0 Å². The van der Waals surface area contributed by atoms with Crippen molar-refractivity contribution in [3.05, 3.63) is 65.9 Å². The quantitative estimate of drug-likeness (QED) is 0.493. The summed E-state index contributed by atoms with van der Waals surface area (Å²) in [5.41, 5.74) is 3.89. The maximum atomic E-state index is 6.27. The fourth-order valence-corrected chi connectivity index (χ4v) is 3.97. The average molecular weight is 466 g/mol. The van der Waals surface area contributed by atoms with E-state index in [4.69, 9.17) is 25.6 Å². The fourth-order valence-electron chi connectivity index (χ4n) is 3.86. The molecule has 1 saturated carbocycles. The van der Waals surface area contributed by atoms with Gasteiger partial charge in [0.25, 0.3) is 5.89 Å². The highest BCUT2D eigenvalue weighted by atomic mass is 35.5. The number of halogens is 1. The third kappa shape index (κ3) is 4.77. The summed E-state index contributed by atoms with van der Waals surface area (Å²) in [6, 6.07) is 11.9. The Morgan fingerprint density at radius 2 is 1.97 bits per heavy atom. The van der Waals surface area contributed by atoms with Gasteiger partial charge in [0.05, 0.1) is 25.8 Å². The first-order valence-corrected chi connectivity index (χ1v) is 11.3. The average Bonchev–Trinajstić information content (AvgIpc) is 3.48. The van der Waals surface area contributed by atoms with Gasteiger partial charge >= 0.3 is 0 Å². The number of alkyl halides is 1. The summed E-state index contributed by atoms with van der Waals surface area (Å²) < 4.78 is 16.7. The number of rotatable bonds is 8. The van der Waals surface area contributed by atoms with Crippen molar-refractivity contribution in [2.75, 3.05) is 13.7 Å². The van der Waals surface area contributed by atoms with E-state index >= 15 is 0 Å². The molecule has 0 saturated heterocycles. The molecule has 1 fully saturated rings. The SMILES string of the molecule is COc1ccc(C2C[C@@H]2COC2N=C(C)NC=C2c2ccc(-c3nc(CCl)no3)cc2)nc1. The van der Waals surface area contributed by atoms with Crippen LogP contribution in [0.3, 0.4) is 0 Å². The summed E-state index contributed by atoms with van der Waals surface area (Å²) in [4.78, 5) is 13.5. The maximum absolute atomic E-state index is 6.27. The second kappa shape index (κ2) is 9.33. The lowest BCUT2D eigenvalue weighted by Gasteiger charge is -2.23. The smallest absolute Gasteiger partial charge is 0.257 e. The van der Waals surface area contributed by atoms with Crippen LogP contribution in [0, 0.1) is 5.92 Å². The Bertz CT molecular complexity index is 1170. The van der Waals surface area contributed by atoms with E-state index in [-0.39, 0.29) is 12.1 Å². The normalized spacial score (nSPS) is 21.7. The Balaban J connectivity index is 1.24. The number of pyridine rings is 1. The van der Waals surface area contributed by atoms with Crippen LogP contribution in [0.25, 0.3) is 17.0 Å². The lowest BCUT2D eigenvalue weighted by molar-refractivity contribution is 0.0865. The first-order chi connectivity index (χ1) is 16.1. The van der Waals surface area contributed by atoms with Crippen molar-refractivity contribution in [1.29, 1.82) is 0 Å². The molecule has 8 nitrogen and oxygen atoms in total.